The first-order chi connectivity index (χ1) is 12.1. The van der Waals surface area contributed by atoms with Crippen molar-refractivity contribution < 1.29 is 19.1 Å². The van der Waals surface area contributed by atoms with E-state index in [-0.39, 0.29) is 24.5 Å². The van der Waals surface area contributed by atoms with Crippen molar-refractivity contribution in [2.24, 2.45) is 11.7 Å². The van der Waals surface area contributed by atoms with E-state index in [1.54, 1.807) is 0 Å². The summed E-state index contributed by atoms with van der Waals surface area (Å²) in [6.45, 7) is 1.28. The molecule has 2 fully saturated rings. The molecule has 2 amide bonds. The molecule has 0 spiro atoms. The molecular weight excluding hydrogens is 320 g/mol. The molecule has 0 bridgehead atoms. The Morgan fingerprint density at radius 2 is 1.88 bits per heavy atom. The van der Waals surface area contributed by atoms with Crippen LogP contribution < -0.4 is 15.2 Å². The molecule has 1 saturated heterocycles. The lowest BCUT2D eigenvalue weighted by molar-refractivity contribution is -0.138. The number of hydrogen-bond donors (Lipinski definition) is 1. The van der Waals surface area contributed by atoms with Crippen molar-refractivity contribution in [2.75, 3.05) is 19.9 Å². The molecule has 0 aromatic heterocycles. The highest BCUT2D eigenvalue weighted by Gasteiger charge is 2.46. The minimum absolute atomic E-state index is 0.134. The highest BCUT2D eigenvalue weighted by Crippen LogP contribution is 2.45. The van der Waals surface area contributed by atoms with Crippen LogP contribution in [0.5, 0.6) is 11.5 Å². The monoisotopic (exact) mass is 344 g/mol. The van der Waals surface area contributed by atoms with Gasteiger partial charge in [-0.15, -0.1) is 0 Å². The number of carbonyl (C=O) groups is 2. The van der Waals surface area contributed by atoms with Gasteiger partial charge >= 0.3 is 0 Å². The van der Waals surface area contributed by atoms with Crippen LogP contribution in [0, 0.1) is 5.92 Å². The van der Waals surface area contributed by atoms with Crippen LogP contribution in [0.1, 0.15) is 44.1 Å². The van der Waals surface area contributed by atoms with Crippen LogP contribution in [-0.4, -0.2) is 36.6 Å². The number of hydrogen-bond acceptors (Lipinski definition) is 4. The van der Waals surface area contributed by atoms with E-state index in [0.717, 1.165) is 43.4 Å². The third kappa shape index (κ3) is 2.73. The second-order valence-electron chi connectivity index (χ2n) is 7.35. The van der Waals surface area contributed by atoms with E-state index in [2.05, 4.69) is 0 Å². The van der Waals surface area contributed by atoms with Gasteiger partial charge in [0.25, 0.3) is 0 Å². The van der Waals surface area contributed by atoms with Gasteiger partial charge in [-0.25, -0.2) is 0 Å². The van der Waals surface area contributed by atoms with Crippen molar-refractivity contribution in [1.82, 2.24) is 4.90 Å². The lowest BCUT2D eigenvalue weighted by Crippen LogP contribution is -2.47. The van der Waals surface area contributed by atoms with E-state index in [4.69, 9.17) is 15.2 Å². The van der Waals surface area contributed by atoms with Crippen molar-refractivity contribution in [2.45, 2.75) is 43.9 Å². The Morgan fingerprint density at radius 1 is 1.12 bits per heavy atom. The summed E-state index contributed by atoms with van der Waals surface area (Å²) in [4.78, 5) is 26.8. The first kappa shape index (κ1) is 16.2. The topological polar surface area (TPSA) is 81.9 Å². The number of benzene rings is 1. The fraction of sp³-hybridized carbons (Fsp3) is 0.579. The summed E-state index contributed by atoms with van der Waals surface area (Å²) >= 11 is 0. The van der Waals surface area contributed by atoms with Gasteiger partial charge in [0.15, 0.2) is 11.5 Å². The maximum absolute atomic E-state index is 13.5. The summed E-state index contributed by atoms with van der Waals surface area (Å²) in [5, 5.41) is 0. The highest BCUT2D eigenvalue weighted by atomic mass is 16.7. The van der Waals surface area contributed by atoms with E-state index in [1.807, 2.05) is 23.1 Å². The van der Waals surface area contributed by atoms with Gasteiger partial charge in [0, 0.05) is 13.1 Å². The SMILES string of the molecule is NC(=O)[C@@H]1CCN(C(=O)C2(c3ccc4c(c3)OCO4)CCCCC2)C1. The third-order valence-electron chi connectivity index (χ3n) is 5.92. The Labute approximate surface area is 147 Å². The van der Waals surface area contributed by atoms with Crippen molar-refractivity contribution in [3.63, 3.8) is 0 Å². The number of primary amides is 1. The molecule has 4 rings (SSSR count). The minimum Gasteiger partial charge on any atom is -0.454 e. The van der Waals surface area contributed by atoms with Crippen LogP contribution in [0.15, 0.2) is 18.2 Å². The van der Waals surface area contributed by atoms with Crippen LogP contribution in [0.3, 0.4) is 0 Å². The number of rotatable bonds is 3. The lowest BCUT2D eigenvalue weighted by atomic mass is 9.68. The van der Waals surface area contributed by atoms with E-state index >= 15 is 0 Å². The fourth-order valence-corrected chi connectivity index (χ4v) is 4.46. The summed E-state index contributed by atoms with van der Waals surface area (Å²) in [6.07, 6.45) is 5.56. The molecule has 134 valence electrons. The van der Waals surface area contributed by atoms with E-state index in [0.29, 0.717) is 25.3 Å². The lowest BCUT2D eigenvalue weighted by Gasteiger charge is -2.39. The summed E-state index contributed by atoms with van der Waals surface area (Å²) in [5.74, 6) is 1.05. The molecule has 6 nitrogen and oxygen atoms in total. The maximum atomic E-state index is 13.5. The fourth-order valence-electron chi connectivity index (χ4n) is 4.46. The molecule has 2 N–H and O–H groups in total. The number of fused-ring (bicyclic) bond motifs is 1. The standard InChI is InChI=1S/C19H24N2O4/c20-17(22)13-6-9-21(11-13)18(23)19(7-2-1-3-8-19)14-4-5-15-16(10-14)25-12-24-15/h4-5,10,13H,1-3,6-9,11-12H2,(H2,20,22)/t13-/m1/s1. The van der Waals surface area contributed by atoms with Gasteiger partial charge in [-0.1, -0.05) is 25.3 Å². The molecule has 1 atom stereocenters. The van der Waals surface area contributed by atoms with Crippen molar-refractivity contribution in [1.29, 1.82) is 0 Å². The molecule has 0 radical (unpaired) electrons. The molecule has 3 aliphatic rings. The van der Waals surface area contributed by atoms with Gasteiger partial charge in [0.05, 0.1) is 11.3 Å². The van der Waals surface area contributed by atoms with Crippen LogP contribution in [-0.2, 0) is 15.0 Å². The van der Waals surface area contributed by atoms with E-state index in [1.165, 1.54) is 0 Å². The average Bonchev–Trinajstić information content (AvgIpc) is 3.30. The smallest absolute Gasteiger partial charge is 0.233 e. The quantitative estimate of drug-likeness (QED) is 0.909. The highest BCUT2D eigenvalue weighted by molar-refractivity contribution is 5.90. The summed E-state index contributed by atoms with van der Waals surface area (Å²) < 4.78 is 10.9. The van der Waals surface area contributed by atoms with Crippen LogP contribution >= 0.6 is 0 Å². The Balaban J connectivity index is 1.65. The van der Waals surface area contributed by atoms with Crippen molar-refractivity contribution in [3.05, 3.63) is 23.8 Å². The zero-order chi connectivity index (χ0) is 17.4. The third-order valence-corrected chi connectivity index (χ3v) is 5.92. The molecule has 1 aromatic rings. The zero-order valence-corrected chi connectivity index (χ0v) is 14.3. The predicted octanol–water partition coefficient (Wildman–Crippen LogP) is 1.95. The Morgan fingerprint density at radius 3 is 2.60 bits per heavy atom. The molecule has 2 aliphatic heterocycles. The molecular formula is C19H24N2O4. The average molecular weight is 344 g/mol. The first-order valence-electron chi connectivity index (χ1n) is 9.09. The summed E-state index contributed by atoms with van der Waals surface area (Å²) in [7, 11) is 0. The summed E-state index contributed by atoms with van der Waals surface area (Å²) in [6, 6.07) is 5.86. The summed E-state index contributed by atoms with van der Waals surface area (Å²) in [5.41, 5.74) is 5.92. The van der Waals surface area contributed by atoms with E-state index < -0.39 is 5.41 Å². The Kier molecular flexibility index (Phi) is 4.06. The van der Waals surface area contributed by atoms with E-state index in [9.17, 15) is 9.59 Å². The maximum Gasteiger partial charge on any atom is 0.233 e. The molecule has 1 aromatic carbocycles. The molecule has 25 heavy (non-hydrogen) atoms. The van der Waals surface area contributed by atoms with Crippen molar-refractivity contribution >= 4 is 11.8 Å². The number of nitrogens with two attached hydrogens (primary N) is 1. The molecule has 6 heteroatoms. The largest absolute Gasteiger partial charge is 0.454 e. The number of nitrogens with zero attached hydrogens (tertiary/aromatic N) is 1. The molecule has 1 aliphatic carbocycles. The van der Waals surface area contributed by atoms with Gasteiger partial charge in [0.1, 0.15) is 0 Å². The second kappa shape index (κ2) is 6.24. The van der Waals surface area contributed by atoms with Crippen molar-refractivity contribution in [3.8, 4) is 11.5 Å². The van der Waals surface area contributed by atoms with Gasteiger partial charge in [-0.2, -0.15) is 0 Å². The van der Waals surface area contributed by atoms with Crippen LogP contribution in [0.2, 0.25) is 0 Å². The number of amides is 2. The predicted molar refractivity (Wildman–Crippen MR) is 91.2 cm³/mol. The van der Waals surface area contributed by atoms with Gasteiger partial charge in [0.2, 0.25) is 18.6 Å². The first-order valence-corrected chi connectivity index (χ1v) is 9.09. The second-order valence-corrected chi connectivity index (χ2v) is 7.35. The van der Waals surface area contributed by atoms with Gasteiger partial charge in [-0.05, 0) is 37.0 Å². The Bertz CT molecular complexity index is 697. The van der Waals surface area contributed by atoms with Gasteiger partial charge < -0.3 is 20.1 Å². The minimum atomic E-state index is -0.522. The molecule has 1 saturated carbocycles. The van der Waals surface area contributed by atoms with Gasteiger partial charge in [-0.3, -0.25) is 9.59 Å². The Hall–Kier alpha value is -2.24. The molecule has 2 heterocycles. The normalized spacial score (nSPS) is 24.3. The number of ether oxygens (including phenoxy) is 2. The number of likely N-dealkylation sites (tertiary alicyclic amines) is 1. The molecule has 0 unspecified atom stereocenters. The van der Waals surface area contributed by atoms with Crippen LogP contribution in [0.4, 0.5) is 0 Å². The zero-order valence-electron chi connectivity index (χ0n) is 14.3. The van der Waals surface area contributed by atoms with Crippen LogP contribution in [0.25, 0.3) is 0 Å². The number of carbonyl (C=O) groups excluding carboxylic acids is 2.